The molecule has 2 N–H and O–H groups in total. The number of aromatic hydroxyl groups is 1. The summed E-state index contributed by atoms with van der Waals surface area (Å²) in [6, 6.07) is 13.5. The number of aromatic carboxylic acids is 1. The summed E-state index contributed by atoms with van der Waals surface area (Å²) < 4.78 is 0. The van der Waals surface area contributed by atoms with E-state index in [-0.39, 0.29) is 11.3 Å². The lowest BCUT2D eigenvalue weighted by atomic mass is 10.0. The summed E-state index contributed by atoms with van der Waals surface area (Å²) in [6.45, 7) is 0. The Morgan fingerprint density at radius 3 is 2.60 bits per heavy atom. The smallest absolute Gasteiger partial charge is 0.335 e. The Balaban J connectivity index is 2.16. The van der Waals surface area contributed by atoms with Gasteiger partial charge >= 0.3 is 5.97 Å². The normalized spacial score (nSPS) is 10.6. The number of rotatable bonds is 2. The van der Waals surface area contributed by atoms with Gasteiger partial charge in [-0.05, 0) is 42.0 Å². The number of fused-ring (bicyclic) bond motifs is 1. The van der Waals surface area contributed by atoms with Gasteiger partial charge in [-0.2, -0.15) is 0 Å². The van der Waals surface area contributed by atoms with Gasteiger partial charge in [0.1, 0.15) is 5.75 Å². The van der Waals surface area contributed by atoms with Crippen LogP contribution in [0.4, 0.5) is 0 Å². The summed E-state index contributed by atoms with van der Waals surface area (Å²) in [5.41, 5.74) is 2.63. The fourth-order valence-corrected chi connectivity index (χ4v) is 2.11. The molecule has 4 nitrogen and oxygen atoms in total. The van der Waals surface area contributed by atoms with E-state index in [0.29, 0.717) is 0 Å². The van der Waals surface area contributed by atoms with E-state index in [2.05, 4.69) is 4.98 Å². The average Bonchev–Trinajstić information content (AvgIpc) is 2.46. The maximum absolute atomic E-state index is 11.0. The van der Waals surface area contributed by atoms with Crippen LogP contribution in [0.3, 0.4) is 0 Å². The van der Waals surface area contributed by atoms with Gasteiger partial charge in [0.25, 0.3) is 0 Å². The molecule has 0 amide bonds. The molecule has 0 spiro atoms. The second kappa shape index (κ2) is 4.66. The van der Waals surface area contributed by atoms with Gasteiger partial charge in [0.05, 0.1) is 11.1 Å². The zero-order chi connectivity index (χ0) is 14.1. The highest BCUT2D eigenvalue weighted by molar-refractivity contribution is 5.94. The van der Waals surface area contributed by atoms with Crippen molar-refractivity contribution < 1.29 is 15.0 Å². The first-order valence-corrected chi connectivity index (χ1v) is 6.06. The van der Waals surface area contributed by atoms with Crippen molar-refractivity contribution >= 4 is 16.9 Å². The van der Waals surface area contributed by atoms with Crippen molar-refractivity contribution in [1.82, 2.24) is 4.98 Å². The summed E-state index contributed by atoms with van der Waals surface area (Å²) in [4.78, 5) is 15.3. The van der Waals surface area contributed by atoms with E-state index in [4.69, 9.17) is 5.11 Å². The quantitative estimate of drug-likeness (QED) is 0.745. The Hall–Kier alpha value is -2.88. The maximum atomic E-state index is 11.0. The molecule has 98 valence electrons. The van der Waals surface area contributed by atoms with Crippen LogP contribution in [0, 0.1) is 0 Å². The van der Waals surface area contributed by atoms with Crippen LogP contribution in [0.15, 0.2) is 54.7 Å². The minimum Gasteiger partial charge on any atom is -0.508 e. The highest BCUT2D eigenvalue weighted by atomic mass is 16.4. The van der Waals surface area contributed by atoms with E-state index in [1.807, 2.05) is 12.1 Å². The number of carboxylic acid groups (broad SMARTS) is 1. The van der Waals surface area contributed by atoms with E-state index in [1.54, 1.807) is 36.5 Å². The number of carboxylic acids is 1. The second-order valence-corrected chi connectivity index (χ2v) is 4.49. The van der Waals surface area contributed by atoms with Crippen molar-refractivity contribution in [3.05, 3.63) is 60.3 Å². The van der Waals surface area contributed by atoms with E-state index in [0.717, 1.165) is 22.0 Å². The van der Waals surface area contributed by atoms with Gasteiger partial charge in [0, 0.05) is 17.1 Å². The number of hydrogen-bond donors (Lipinski definition) is 2. The van der Waals surface area contributed by atoms with Gasteiger partial charge in [-0.1, -0.05) is 12.1 Å². The Labute approximate surface area is 115 Å². The van der Waals surface area contributed by atoms with Gasteiger partial charge in [0.2, 0.25) is 0 Å². The summed E-state index contributed by atoms with van der Waals surface area (Å²) in [6.07, 6.45) is 1.71. The summed E-state index contributed by atoms with van der Waals surface area (Å²) in [5.74, 6) is -0.781. The second-order valence-electron chi connectivity index (χ2n) is 4.49. The largest absolute Gasteiger partial charge is 0.508 e. The molecule has 3 aromatic rings. The third kappa shape index (κ3) is 2.19. The zero-order valence-corrected chi connectivity index (χ0v) is 10.4. The van der Waals surface area contributed by atoms with Gasteiger partial charge in [-0.15, -0.1) is 0 Å². The molecule has 0 fully saturated rings. The lowest BCUT2D eigenvalue weighted by Gasteiger charge is -2.05. The first kappa shape index (κ1) is 12.2. The summed E-state index contributed by atoms with van der Waals surface area (Å²) in [5, 5.41) is 19.3. The van der Waals surface area contributed by atoms with Crippen LogP contribution in [0.2, 0.25) is 0 Å². The number of benzene rings is 2. The molecule has 0 bridgehead atoms. The van der Waals surface area contributed by atoms with Crippen molar-refractivity contribution in [2.75, 3.05) is 0 Å². The Morgan fingerprint density at radius 1 is 1.00 bits per heavy atom. The molecule has 3 rings (SSSR count). The molecule has 0 aliphatic carbocycles. The lowest BCUT2D eigenvalue weighted by Crippen LogP contribution is -1.95. The minimum absolute atomic E-state index is 0.182. The minimum atomic E-state index is -0.963. The molecule has 4 heteroatoms. The molecule has 0 saturated heterocycles. The predicted octanol–water partition coefficient (Wildman–Crippen LogP) is 3.31. The van der Waals surface area contributed by atoms with Crippen molar-refractivity contribution in [2.24, 2.45) is 0 Å². The van der Waals surface area contributed by atoms with Gasteiger partial charge < -0.3 is 10.2 Å². The molecule has 2 aromatic carbocycles. The molecular formula is C16H11NO3. The van der Waals surface area contributed by atoms with Crippen LogP contribution in [-0.4, -0.2) is 21.2 Å². The van der Waals surface area contributed by atoms with Crippen LogP contribution < -0.4 is 0 Å². The highest BCUT2D eigenvalue weighted by Gasteiger charge is 2.06. The number of aromatic nitrogens is 1. The monoisotopic (exact) mass is 265 g/mol. The first-order valence-electron chi connectivity index (χ1n) is 6.06. The van der Waals surface area contributed by atoms with Gasteiger partial charge in [0.15, 0.2) is 0 Å². The predicted molar refractivity (Wildman–Crippen MR) is 75.8 cm³/mol. The Morgan fingerprint density at radius 2 is 1.85 bits per heavy atom. The fourth-order valence-electron chi connectivity index (χ4n) is 2.11. The van der Waals surface area contributed by atoms with Gasteiger partial charge in [-0.3, -0.25) is 4.98 Å². The summed E-state index contributed by atoms with van der Waals surface area (Å²) >= 11 is 0. The molecule has 0 saturated carbocycles. The Kier molecular flexibility index (Phi) is 2.84. The van der Waals surface area contributed by atoms with E-state index >= 15 is 0 Å². The van der Waals surface area contributed by atoms with E-state index in [9.17, 15) is 9.90 Å². The number of nitrogens with zero attached hydrogens (tertiary/aromatic N) is 1. The third-order valence-corrected chi connectivity index (χ3v) is 3.11. The van der Waals surface area contributed by atoms with Gasteiger partial charge in [-0.25, -0.2) is 4.79 Å². The maximum Gasteiger partial charge on any atom is 0.335 e. The fraction of sp³-hybridized carbons (Fsp3) is 0. The molecule has 0 aliphatic rings. The third-order valence-electron chi connectivity index (χ3n) is 3.11. The van der Waals surface area contributed by atoms with Crippen LogP contribution in [0.25, 0.3) is 22.0 Å². The topological polar surface area (TPSA) is 70.4 Å². The summed E-state index contributed by atoms with van der Waals surface area (Å²) in [7, 11) is 0. The SMILES string of the molecule is O=C(O)c1ccc2ncc(-c3cccc(O)c3)cc2c1. The van der Waals surface area contributed by atoms with Crippen molar-refractivity contribution in [1.29, 1.82) is 0 Å². The molecule has 0 unspecified atom stereocenters. The van der Waals surface area contributed by atoms with Crippen LogP contribution >= 0.6 is 0 Å². The standard InChI is InChI=1S/C16H11NO3/c18-14-3-1-2-10(8-14)13-7-12-6-11(16(19)20)4-5-15(12)17-9-13/h1-9,18H,(H,19,20). The zero-order valence-electron chi connectivity index (χ0n) is 10.4. The van der Waals surface area contributed by atoms with Crippen LogP contribution in [0.5, 0.6) is 5.75 Å². The molecule has 1 heterocycles. The van der Waals surface area contributed by atoms with E-state index in [1.165, 1.54) is 6.07 Å². The molecule has 0 aliphatic heterocycles. The number of carbonyl (C=O) groups is 1. The van der Waals surface area contributed by atoms with Crippen molar-refractivity contribution in [2.45, 2.75) is 0 Å². The molecular weight excluding hydrogens is 254 g/mol. The molecule has 1 aromatic heterocycles. The highest BCUT2D eigenvalue weighted by Crippen LogP contribution is 2.25. The van der Waals surface area contributed by atoms with Crippen molar-refractivity contribution in [3.63, 3.8) is 0 Å². The number of hydrogen-bond acceptors (Lipinski definition) is 3. The first-order chi connectivity index (χ1) is 9.63. The van der Waals surface area contributed by atoms with E-state index < -0.39 is 5.97 Å². The Bertz CT molecular complexity index is 812. The molecule has 0 radical (unpaired) electrons. The molecule has 20 heavy (non-hydrogen) atoms. The number of phenolic OH excluding ortho intramolecular Hbond substituents is 1. The van der Waals surface area contributed by atoms with Crippen molar-refractivity contribution in [3.8, 4) is 16.9 Å². The number of pyridine rings is 1. The van der Waals surface area contributed by atoms with Crippen LogP contribution in [0.1, 0.15) is 10.4 Å². The number of phenols is 1. The van der Waals surface area contributed by atoms with Crippen LogP contribution in [-0.2, 0) is 0 Å². The average molecular weight is 265 g/mol. The molecule has 0 atom stereocenters. The lowest BCUT2D eigenvalue weighted by molar-refractivity contribution is 0.0697.